The van der Waals surface area contributed by atoms with Crippen LogP contribution in [-0.4, -0.2) is 32.7 Å². The van der Waals surface area contributed by atoms with E-state index < -0.39 is 0 Å². The van der Waals surface area contributed by atoms with E-state index in [9.17, 15) is 4.79 Å². The quantitative estimate of drug-likeness (QED) is 0.821. The molecule has 0 spiro atoms. The van der Waals surface area contributed by atoms with E-state index in [1.54, 1.807) is 11.8 Å². The van der Waals surface area contributed by atoms with Gasteiger partial charge in [0.15, 0.2) is 5.16 Å². The van der Waals surface area contributed by atoms with E-state index in [1.165, 1.54) is 24.6 Å². The molecule has 1 aliphatic carbocycles. The van der Waals surface area contributed by atoms with Crippen molar-refractivity contribution in [2.24, 2.45) is 0 Å². The minimum Gasteiger partial charge on any atom is -0.324 e. The molecule has 0 bridgehead atoms. The molecule has 1 saturated carbocycles. The highest BCUT2D eigenvalue weighted by atomic mass is 32.2. The Kier molecular flexibility index (Phi) is 4.73. The van der Waals surface area contributed by atoms with Crippen molar-refractivity contribution >= 4 is 35.1 Å². The summed E-state index contributed by atoms with van der Waals surface area (Å²) in [6.45, 7) is 1.96. The van der Waals surface area contributed by atoms with E-state index in [4.69, 9.17) is 0 Å². The van der Waals surface area contributed by atoms with Crippen LogP contribution in [0.4, 0.5) is 5.69 Å². The van der Waals surface area contributed by atoms with Gasteiger partial charge in [0.25, 0.3) is 0 Å². The second-order valence-electron chi connectivity index (χ2n) is 5.17. The summed E-state index contributed by atoms with van der Waals surface area (Å²) < 4.78 is 2.15. The first-order chi connectivity index (χ1) is 10.7. The van der Waals surface area contributed by atoms with Crippen LogP contribution >= 0.6 is 23.5 Å². The van der Waals surface area contributed by atoms with Crippen molar-refractivity contribution in [2.45, 2.75) is 35.9 Å². The van der Waals surface area contributed by atoms with Gasteiger partial charge in [0.2, 0.25) is 5.91 Å². The third-order valence-corrected chi connectivity index (χ3v) is 5.20. The lowest BCUT2D eigenvalue weighted by Gasteiger charge is -2.09. The molecule has 0 radical (unpaired) electrons. The molecule has 1 amide bonds. The predicted molar refractivity (Wildman–Crippen MR) is 90.6 cm³/mol. The first kappa shape index (κ1) is 15.4. The fourth-order valence-corrected chi connectivity index (χ4v) is 3.67. The Balaban J connectivity index is 1.61. The monoisotopic (exact) mass is 334 g/mol. The number of anilines is 1. The number of para-hydroxylation sites is 1. The van der Waals surface area contributed by atoms with Crippen LogP contribution < -0.4 is 5.32 Å². The summed E-state index contributed by atoms with van der Waals surface area (Å²) in [6.07, 6.45) is 4.36. The molecule has 7 heteroatoms. The molecule has 1 aromatic carbocycles. The minimum absolute atomic E-state index is 0.0190. The normalized spacial score (nSPS) is 14.1. The topological polar surface area (TPSA) is 59.8 Å². The second kappa shape index (κ2) is 6.75. The maximum Gasteiger partial charge on any atom is 0.234 e. The molecular formula is C15H18N4OS2. The van der Waals surface area contributed by atoms with E-state index in [-0.39, 0.29) is 5.91 Å². The van der Waals surface area contributed by atoms with E-state index in [0.29, 0.717) is 11.8 Å². The highest BCUT2D eigenvalue weighted by molar-refractivity contribution is 7.99. The lowest BCUT2D eigenvalue weighted by atomic mass is 10.3. The van der Waals surface area contributed by atoms with Crippen molar-refractivity contribution in [3.05, 3.63) is 30.1 Å². The molecule has 0 unspecified atom stereocenters. The molecule has 1 heterocycles. The number of aromatic nitrogens is 3. The van der Waals surface area contributed by atoms with Gasteiger partial charge in [-0.05, 0) is 38.2 Å². The summed E-state index contributed by atoms with van der Waals surface area (Å²) in [7, 11) is 0. The summed E-state index contributed by atoms with van der Waals surface area (Å²) in [4.78, 5) is 13.2. The summed E-state index contributed by atoms with van der Waals surface area (Å²) in [5.41, 5.74) is 0.862. The number of nitrogens with zero attached hydrogens (tertiary/aromatic N) is 3. The van der Waals surface area contributed by atoms with Crippen molar-refractivity contribution in [1.82, 2.24) is 14.8 Å². The minimum atomic E-state index is -0.0190. The van der Waals surface area contributed by atoms with Crippen LogP contribution in [0, 0.1) is 6.92 Å². The van der Waals surface area contributed by atoms with Crippen LogP contribution in [0.3, 0.4) is 0 Å². The number of amides is 1. The molecule has 1 N–H and O–H groups in total. The highest BCUT2D eigenvalue weighted by Gasteiger charge is 2.28. The molecule has 0 saturated heterocycles. The third kappa shape index (κ3) is 3.47. The number of benzene rings is 1. The number of aryl methyl sites for hydroxylation is 1. The molecule has 5 nitrogen and oxygen atoms in total. The molecule has 22 heavy (non-hydrogen) atoms. The van der Waals surface area contributed by atoms with E-state index in [0.717, 1.165) is 21.6 Å². The van der Waals surface area contributed by atoms with Crippen molar-refractivity contribution in [1.29, 1.82) is 0 Å². The number of carbonyl (C=O) groups excluding carboxylic acids is 1. The average molecular weight is 334 g/mol. The molecule has 1 aliphatic rings. The van der Waals surface area contributed by atoms with Crippen LogP contribution in [0.2, 0.25) is 0 Å². The smallest absolute Gasteiger partial charge is 0.234 e. The Morgan fingerprint density at radius 1 is 1.36 bits per heavy atom. The van der Waals surface area contributed by atoms with Gasteiger partial charge in [0.05, 0.1) is 11.4 Å². The highest BCUT2D eigenvalue weighted by Crippen LogP contribution is 2.38. The number of hydrogen-bond acceptors (Lipinski definition) is 5. The summed E-state index contributed by atoms with van der Waals surface area (Å²) in [5, 5.41) is 12.1. The van der Waals surface area contributed by atoms with E-state index in [2.05, 4.69) is 20.1 Å². The Morgan fingerprint density at radius 2 is 2.14 bits per heavy atom. The molecule has 0 aliphatic heterocycles. The standard InChI is InChI=1S/C15H18N4OS2/c1-10-17-18-15(19(10)11-7-8-11)22-9-14(20)16-12-5-3-4-6-13(12)21-2/h3-6,11H,7-9H2,1-2H3,(H,16,20). The van der Waals surface area contributed by atoms with Crippen LogP contribution in [0.15, 0.2) is 34.3 Å². The molecule has 2 aromatic rings. The maximum absolute atomic E-state index is 12.2. The zero-order valence-corrected chi connectivity index (χ0v) is 14.2. The van der Waals surface area contributed by atoms with Crippen LogP contribution in [0.25, 0.3) is 0 Å². The zero-order chi connectivity index (χ0) is 15.5. The molecule has 0 atom stereocenters. The van der Waals surface area contributed by atoms with E-state index in [1.807, 2.05) is 37.4 Å². The van der Waals surface area contributed by atoms with Crippen LogP contribution in [-0.2, 0) is 4.79 Å². The first-order valence-corrected chi connectivity index (χ1v) is 9.37. The number of nitrogens with one attached hydrogen (secondary N) is 1. The largest absolute Gasteiger partial charge is 0.324 e. The predicted octanol–water partition coefficient (Wildman–Crippen LogP) is 3.37. The van der Waals surface area contributed by atoms with Crippen molar-refractivity contribution in [2.75, 3.05) is 17.3 Å². The molecule has 1 aromatic heterocycles. The Hall–Kier alpha value is -1.47. The SMILES string of the molecule is CSc1ccccc1NC(=O)CSc1nnc(C)n1C1CC1. The van der Waals surface area contributed by atoms with Gasteiger partial charge in [0.1, 0.15) is 5.82 Å². The van der Waals surface area contributed by atoms with Gasteiger partial charge in [-0.15, -0.1) is 22.0 Å². The van der Waals surface area contributed by atoms with Crippen molar-refractivity contribution in [3.8, 4) is 0 Å². The molecule has 116 valence electrons. The first-order valence-electron chi connectivity index (χ1n) is 7.16. The van der Waals surface area contributed by atoms with Gasteiger partial charge >= 0.3 is 0 Å². The van der Waals surface area contributed by atoms with Crippen molar-refractivity contribution < 1.29 is 4.79 Å². The maximum atomic E-state index is 12.2. The van der Waals surface area contributed by atoms with E-state index >= 15 is 0 Å². The second-order valence-corrected chi connectivity index (χ2v) is 6.96. The van der Waals surface area contributed by atoms with Gasteiger partial charge in [0, 0.05) is 10.9 Å². The number of carbonyl (C=O) groups is 1. The third-order valence-electron chi connectivity index (χ3n) is 3.46. The number of thioether (sulfide) groups is 2. The lowest BCUT2D eigenvalue weighted by molar-refractivity contribution is -0.113. The fourth-order valence-electron chi connectivity index (χ4n) is 2.27. The molecule has 3 rings (SSSR count). The number of hydrogen-bond donors (Lipinski definition) is 1. The van der Waals surface area contributed by atoms with Gasteiger partial charge in [-0.3, -0.25) is 4.79 Å². The van der Waals surface area contributed by atoms with Gasteiger partial charge in [-0.2, -0.15) is 0 Å². The zero-order valence-electron chi connectivity index (χ0n) is 12.6. The Labute approximate surface area is 138 Å². The fraction of sp³-hybridized carbons (Fsp3) is 0.400. The summed E-state index contributed by atoms with van der Waals surface area (Å²) in [5.74, 6) is 1.25. The average Bonchev–Trinajstić information content (AvgIpc) is 3.29. The van der Waals surface area contributed by atoms with Crippen LogP contribution in [0.5, 0.6) is 0 Å². The molecule has 1 fully saturated rings. The van der Waals surface area contributed by atoms with Gasteiger partial charge < -0.3 is 9.88 Å². The Bertz CT molecular complexity index is 682. The van der Waals surface area contributed by atoms with Gasteiger partial charge in [-0.1, -0.05) is 23.9 Å². The van der Waals surface area contributed by atoms with Gasteiger partial charge in [-0.25, -0.2) is 0 Å². The molecular weight excluding hydrogens is 316 g/mol. The summed E-state index contributed by atoms with van der Waals surface area (Å²) in [6, 6.07) is 8.34. The summed E-state index contributed by atoms with van der Waals surface area (Å²) >= 11 is 3.07. The number of rotatable bonds is 6. The van der Waals surface area contributed by atoms with Crippen LogP contribution in [0.1, 0.15) is 24.7 Å². The van der Waals surface area contributed by atoms with Crippen molar-refractivity contribution in [3.63, 3.8) is 0 Å². The Morgan fingerprint density at radius 3 is 2.86 bits per heavy atom. The lowest BCUT2D eigenvalue weighted by Crippen LogP contribution is -2.15.